The Morgan fingerprint density at radius 3 is 3.00 bits per heavy atom. The topological polar surface area (TPSA) is 67.3 Å². The number of nitrogens with two attached hydrogens (primary N) is 1. The van der Waals surface area contributed by atoms with Crippen LogP contribution in [-0.2, 0) is 6.54 Å². The van der Waals surface area contributed by atoms with Gasteiger partial charge in [0.05, 0.1) is 0 Å². The van der Waals surface area contributed by atoms with E-state index in [0.29, 0.717) is 18.3 Å². The van der Waals surface area contributed by atoms with Crippen molar-refractivity contribution in [3.8, 4) is 0 Å². The average molecular weight is 224 g/mol. The Balaban J connectivity index is 1.65. The van der Waals surface area contributed by atoms with E-state index >= 15 is 0 Å². The monoisotopic (exact) mass is 224 g/mol. The molecule has 1 unspecified atom stereocenters. The van der Waals surface area contributed by atoms with Crippen LogP contribution in [-0.4, -0.2) is 46.0 Å². The van der Waals surface area contributed by atoms with Gasteiger partial charge in [0.25, 0.3) is 0 Å². The van der Waals surface area contributed by atoms with Gasteiger partial charge in [-0.05, 0) is 37.9 Å². The highest BCUT2D eigenvalue weighted by molar-refractivity contribution is 5.23. The van der Waals surface area contributed by atoms with Crippen molar-refractivity contribution in [1.29, 1.82) is 0 Å². The number of anilines is 1. The lowest BCUT2D eigenvalue weighted by Crippen LogP contribution is -2.23. The van der Waals surface area contributed by atoms with E-state index in [1.165, 1.54) is 0 Å². The molecule has 5 nitrogen and oxygen atoms in total. The van der Waals surface area contributed by atoms with Crippen molar-refractivity contribution in [1.82, 2.24) is 14.7 Å². The molecular formula is C11H20N4O. The zero-order chi connectivity index (χ0) is 11.4. The summed E-state index contributed by atoms with van der Waals surface area (Å²) >= 11 is 0. The van der Waals surface area contributed by atoms with Crippen LogP contribution in [0.2, 0.25) is 0 Å². The van der Waals surface area contributed by atoms with E-state index < -0.39 is 0 Å². The molecule has 0 aromatic carbocycles. The van der Waals surface area contributed by atoms with Gasteiger partial charge in [0.1, 0.15) is 5.82 Å². The first-order chi connectivity index (χ1) is 7.78. The molecule has 0 amide bonds. The minimum absolute atomic E-state index is 0.326. The third kappa shape index (κ3) is 2.96. The van der Waals surface area contributed by atoms with Crippen molar-refractivity contribution < 1.29 is 5.11 Å². The third-order valence-corrected chi connectivity index (χ3v) is 3.15. The minimum Gasteiger partial charge on any atom is -0.396 e. The van der Waals surface area contributed by atoms with E-state index in [4.69, 9.17) is 10.8 Å². The van der Waals surface area contributed by atoms with Crippen LogP contribution in [0, 0.1) is 5.92 Å². The van der Waals surface area contributed by atoms with Crippen molar-refractivity contribution in [2.45, 2.75) is 19.4 Å². The van der Waals surface area contributed by atoms with Crippen molar-refractivity contribution in [3.05, 3.63) is 12.3 Å². The molecule has 1 aromatic heterocycles. The summed E-state index contributed by atoms with van der Waals surface area (Å²) in [5.74, 6) is 1.07. The number of nitrogens with zero attached hydrogens (tertiary/aromatic N) is 3. The molecule has 2 rings (SSSR count). The quantitative estimate of drug-likeness (QED) is 0.748. The van der Waals surface area contributed by atoms with Crippen LogP contribution < -0.4 is 5.73 Å². The first-order valence-corrected chi connectivity index (χ1v) is 5.90. The Labute approximate surface area is 95.8 Å². The Kier molecular flexibility index (Phi) is 3.79. The first kappa shape index (κ1) is 11.4. The molecule has 5 heteroatoms. The standard InChI is InChI=1S/C11H20N4O/c12-11-3-7-15(13-11)5-1-4-14-6-2-10(8-14)9-16/h3,7,10,16H,1-2,4-6,8-9H2,(H2,12,13). The highest BCUT2D eigenvalue weighted by Crippen LogP contribution is 2.15. The Bertz CT molecular complexity index is 326. The van der Waals surface area contributed by atoms with Crippen LogP contribution >= 0.6 is 0 Å². The number of rotatable bonds is 5. The van der Waals surface area contributed by atoms with Crippen molar-refractivity contribution in [3.63, 3.8) is 0 Å². The van der Waals surface area contributed by atoms with Gasteiger partial charge in [-0.15, -0.1) is 0 Å². The molecule has 3 N–H and O–H groups in total. The van der Waals surface area contributed by atoms with Gasteiger partial charge in [0.2, 0.25) is 0 Å². The lowest BCUT2D eigenvalue weighted by molar-refractivity contribution is 0.220. The molecule has 1 aliphatic heterocycles. The van der Waals surface area contributed by atoms with Gasteiger partial charge in [-0.1, -0.05) is 0 Å². The molecule has 16 heavy (non-hydrogen) atoms. The van der Waals surface area contributed by atoms with E-state index in [2.05, 4.69) is 10.00 Å². The molecule has 0 aliphatic carbocycles. The number of hydrogen-bond acceptors (Lipinski definition) is 4. The van der Waals surface area contributed by atoms with Crippen molar-refractivity contribution in [2.24, 2.45) is 5.92 Å². The highest BCUT2D eigenvalue weighted by Gasteiger charge is 2.20. The Morgan fingerprint density at radius 2 is 2.38 bits per heavy atom. The van der Waals surface area contributed by atoms with Crippen LogP contribution in [0.25, 0.3) is 0 Å². The summed E-state index contributed by atoms with van der Waals surface area (Å²) in [6.07, 6.45) is 4.13. The van der Waals surface area contributed by atoms with Gasteiger partial charge in [-0.25, -0.2) is 0 Å². The van der Waals surface area contributed by atoms with Crippen LogP contribution in [0.5, 0.6) is 0 Å². The lowest BCUT2D eigenvalue weighted by Gasteiger charge is -2.15. The van der Waals surface area contributed by atoms with E-state index in [1.54, 1.807) is 0 Å². The van der Waals surface area contributed by atoms with Crippen molar-refractivity contribution >= 4 is 5.82 Å². The predicted octanol–water partition coefficient (Wildman–Crippen LogP) is 0.170. The number of hydrogen-bond donors (Lipinski definition) is 2. The number of aromatic nitrogens is 2. The summed E-state index contributed by atoms with van der Waals surface area (Å²) in [6.45, 7) is 4.48. The van der Waals surface area contributed by atoms with Gasteiger partial charge in [-0.3, -0.25) is 4.68 Å². The van der Waals surface area contributed by atoms with Gasteiger partial charge >= 0.3 is 0 Å². The van der Waals surface area contributed by atoms with Gasteiger partial charge < -0.3 is 15.7 Å². The molecule has 1 fully saturated rings. The molecule has 0 radical (unpaired) electrons. The summed E-state index contributed by atoms with van der Waals surface area (Å²) < 4.78 is 1.88. The summed E-state index contributed by atoms with van der Waals surface area (Å²) in [5, 5.41) is 13.2. The van der Waals surface area contributed by atoms with E-state index in [9.17, 15) is 0 Å². The van der Waals surface area contributed by atoms with E-state index in [0.717, 1.165) is 39.0 Å². The van der Waals surface area contributed by atoms with Gasteiger partial charge in [0, 0.05) is 25.9 Å². The molecule has 1 saturated heterocycles. The summed E-state index contributed by atoms with van der Waals surface area (Å²) in [6, 6.07) is 1.82. The van der Waals surface area contributed by atoms with E-state index in [1.807, 2.05) is 16.9 Å². The number of nitrogen functional groups attached to an aromatic ring is 1. The maximum absolute atomic E-state index is 9.04. The number of aliphatic hydroxyl groups excluding tert-OH is 1. The summed E-state index contributed by atoms with van der Waals surface area (Å²) in [5.41, 5.74) is 5.54. The zero-order valence-electron chi connectivity index (χ0n) is 9.55. The molecule has 90 valence electrons. The smallest absolute Gasteiger partial charge is 0.145 e. The fourth-order valence-corrected chi connectivity index (χ4v) is 2.22. The second-order valence-electron chi connectivity index (χ2n) is 4.50. The maximum Gasteiger partial charge on any atom is 0.145 e. The predicted molar refractivity (Wildman–Crippen MR) is 62.9 cm³/mol. The molecule has 1 atom stereocenters. The molecule has 1 aromatic rings. The Hall–Kier alpha value is -1.07. The van der Waals surface area contributed by atoms with Crippen LogP contribution in [0.15, 0.2) is 12.3 Å². The van der Waals surface area contributed by atoms with Crippen LogP contribution in [0.4, 0.5) is 5.82 Å². The highest BCUT2D eigenvalue weighted by atomic mass is 16.3. The third-order valence-electron chi connectivity index (χ3n) is 3.15. The van der Waals surface area contributed by atoms with Crippen LogP contribution in [0.3, 0.4) is 0 Å². The number of aryl methyl sites for hydroxylation is 1. The van der Waals surface area contributed by atoms with Gasteiger partial charge in [0.15, 0.2) is 0 Å². The minimum atomic E-state index is 0.326. The lowest BCUT2D eigenvalue weighted by atomic mass is 10.1. The largest absolute Gasteiger partial charge is 0.396 e. The number of aliphatic hydroxyl groups is 1. The second-order valence-corrected chi connectivity index (χ2v) is 4.50. The Morgan fingerprint density at radius 1 is 1.50 bits per heavy atom. The normalized spacial score (nSPS) is 21.7. The molecule has 0 saturated carbocycles. The van der Waals surface area contributed by atoms with Gasteiger partial charge in [-0.2, -0.15) is 5.10 Å². The summed E-state index contributed by atoms with van der Waals surface area (Å²) in [7, 11) is 0. The number of likely N-dealkylation sites (tertiary alicyclic amines) is 1. The molecule has 0 spiro atoms. The first-order valence-electron chi connectivity index (χ1n) is 5.90. The SMILES string of the molecule is Nc1ccn(CCCN2CCC(CO)C2)n1. The fraction of sp³-hybridized carbons (Fsp3) is 0.727. The van der Waals surface area contributed by atoms with E-state index in [-0.39, 0.29) is 0 Å². The fourth-order valence-electron chi connectivity index (χ4n) is 2.22. The zero-order valence-corrected chi connectivity index (χ0v) is 9.55. The average Bonchev–Trinajstić information content (AvgIpc) is 2.88. The molecule has 0 bridgehead atoms. The summed E-state index contributed by atoms with van der Waals surface area (Å²) in [4.78, 5) is 2.41. The molecule has 1 aliphatic rings. The van der Waals surface area contributed by atoms with Crippen molar-refractivity contribution in [2.75, 3.05) is 32.0 Å². The maximum atomic E-state index is 9.04. The van der Waals surface area contributed by atoms with Crippen LogP contribution in [0.1, 0.15) is 12.8 Å². The second kappa shape index (κ2) is 5.32. The molecule has 2 heterocycles. The molecular weight excluding hydrogens is 204 g/mol.